The SMILES string of the molecule is Cc1ccc(C(=O)Nc2ccc3[nH]c(C(F)(F)F)cc3c2)cc1C. The summed E-state index contributed by atoms with van der Waals surface area (Å²) >= 11 is 0. The molecule has 0 atom stereocenters. The number of aryl methyl sites for hydroxylation is 2. The Hall–Kier alpha value is -2.76. The van der Waals surface area contributed by atoms with Crippen LogP contribution >= 0.6 is 0 Å². The van der Waals surface area contributed by atoms with Crippen molar-refractivity contribution in [3.63, 3.8) is 0 Å². The number of hydrogen-bond donors (Lipinski definition) is 2. The van der Waals surface area contributed by atoms with E-state index in [1.807, 2.05) is 19.9 Å². The summed E-state index contributed by atoms with van der Waals surface area (Å²) in [7, 11) is 0. The van der Waals surface area contributed by atoms with Crippen LogP contribution in [-0.4, -0.2) is 10.9 Å². The van der Waals surface area contributed by atoms with E-state index in [1.165, 1.54) is 12.1 Å². The lowest BCUT2D eigenvalue weighted by Gasteiger charge is -2.07. The summed E-state index contributed by atoms with van der Waals surface area (Å²) in [6.45, 7) is 3.87. The highest BCUT2D eigenvalue weighted by Gasteiger charge is 2.32. The molecule has 1 amide bonds. The van der Waals surface area contributed by atoms with Crippen LogP contribution in [0.2, 0.25) is 0 Å². The molecule has 124 valence electrons. The lowest BCUT2D eigenvalue weighted by atomic mass is 10.1. The maximum absolute atomic E-state index is 12.7. The second-order valence-electron chi connectivity index (χ2n) is 5.74. The molecule has 0 aliphatic rings. The third-order valence-corrected chi connectivity index (χ3v) is 3.95. The fourth-order valence-corrected chi connectivity index (χ4v) is 2.45. The molecule has 2 N–H and O–H groups in total. The van der Waals surface area contributed by atoms with Gasteiger partial charge in [-0.05, 0) is 61.4 Å². The number of alkyl halides is 3. The largest absolute Gasteiger partial charge is 0.431 e. The summed E-state index contributed by atoms with van der Waals surface area (Å²) in [5.74, 6) is -0.302. The van der Waals surface area contributed by atoms with Gasteiger partial charge in [-0.1, -0.05) is 6.07 Å². The van der Waals surface area contributed by atoms with Gasteiger partial charge in [-0.15, -0.1) is 0 Å². The molecule has 1 aromatic heterocycles. The first kappa shape index (κ1) is 16.1. The molecular formula is C18H15F3N2O. The molecule has 3 nitrogen and oxygen atoms in total. The molecular weight excluding hydrogens is 317 g/mol. The van der Waals surface area contributed by atoms with Crippen LogP contribution in [0.15, 0.2) is 42.5 Å². The highest BCUT2D eigenvalue weighted by atomic mass is 19.4. The van der Waals surface area contributed by atoms with Crippen molar-refractivity contribution in [1.82, 2.24) is 4.98 Å². The molecule has 0 aliphatic heterocycles. The molecule has 3 aromatic rings. The molecule has 0 fully saturated rings. The maximum atomic E-state index is 12.7. The molecule has 0 radical (unpaired) electrons. The van der Waals surface area contributed by atoms with Crippen LogP contribution in [0.4, 0.5) is 18.9 Å². The number of halogens is 3. The van der Waals surface area contributed by atoms with E-state index in [-0.39, 0.29) is 5.91 Å². The predicted molar refractivity (Wildman–Crippen MR) is 87.2 cm³/mol. The second kappa shape index (κ2) is 5.70. The summed E-state index contributed by atoms with van der Waals surface area (Å²) in [4.78, 5) is 14.6. The van der Waals surface area contributed by atoms with Gasteiger partial charge in [0.25, 0.3) is 5.91 Å². The third-order valence-electron chi connectivity index (χ3n) is 3.95. The Balaban J connectivity index is 1.86. The van der Waals surface area contributed by atoms with Crippen molar-refractivity contribution in [2.45, 2.75) is 20.0 Å². The fraction of sp³-hybridized carbons (Fsp3) is 0.167. The number of carbonyl (C=O) groups is 1. The van der Waals surface area contributed by atoms with Gasteiger partial charge in [0.1, 0.15) is 5.69 Å². The van der Waals surface area contributed by atoms with E-state index in [1.54, 1.807) is 18.2 Å². The zero-order chi connectivity index (χ0) is 17.5. The average molecular weight is 332 g/mol. The average Bonchev–Trinajstić information content (AvgIpc) is 2.93. The number of hydrogen-bond acceptors (Lipinski definition) is 1. The van der Waals surface area contributed by atoms with Crippen molar-refractivity contribution >= 4 is 22.5 Å². The van der Waals surface area contributed by atoms with Gasteiger partial charge >= 0.3 is 6.18 Å². The number of carbonyl (C=O) groups excluding carboxylic acids is 1. The first-order valence-electron chi connectivity index (χ1n) is 7.32. The van der Waals surface area contributed by atoms with Crippen LogP contribution in [-0.2, 0) is 6.18 Å². The van der Waals surface area contributed by atoms with Crippen LogP contribution in [0.25, 0.3) is 10.9 Å². The van der Waals surface area contributed by atoms with E-state index in [0.29, 0.717) is 22.2 Å². The van der Waals surface area contributed by atoms with E-state index in [9.17, 15) is 18.0 Å². The van der Waals surface area contributed by atoms with Crippen molar-refractivity contribution in [2.75, 3.05) is 5.32 Å². The van der Waals surface area contributed by atoms with Crippen LogP contribution in [0.3, 0.4) is 0 Å². The maximum Gasteiger partial charge on any atom is 0.431 e. The zero-order valence-corrected chi connectivity index (χ0v) is 13.1. The van der Waals surface area contributed by atoms with Crippen LogP contribution in [0, 0.1) is 13.8 Å². The quantitative estimate of drug-likeness (QED) is 0.677. The van der Waals surface area contributed by atoms with Gasteiger partial charge < -0.3 is 10.3 Å². The zero-order valence-electron chi connectivity index (χ0n) is 13.1. The first-order valence-corrected chi connectivity index (χ1v) is 7.32. The molecule has 2 aromatic carbocycles. The standard InChI is InChI=1S/C18H15F3N2O/c1-10-3-4-12(7-11(10)2)17(24)22-14-5-6-15-13(8-14)9-16(23-15)18(19,20)21/h3-9,23H,1-2H3,(H,22,24). The van der Waals surface area contributed by atoms with Crippen molar-refractivity contribution < 1.29 is 18.0 Å². The molecule has 1 heterocycles. The number of amides is 1. The smallest absolute Gasteiger partial charge is 0.351 e. The van der Waals surface area contributed by atoms with Gasteiger partial charge in [0, 0.05) is 22.2 Å². The van der Waals surface area contributed by atoms with Crippen molar-refractivity contribution in [3.8, 4) is 0 Å². The lowest BCUT2D eigenvalue weighted by Crippen LogP contribution is -2.12. The van der Waals surface area contributed by atoms with Crippen LogP contribution in [0.5, 0.6) is 0 Å². The number of benzene rings is 2. The van der Waals surface area contributed by atoms with Gasteiger partial charge in [-0.3, -0.25) is 4.79 Å². The molecule has 0 saturated heterocycles. The van der Waals surface area contributed by atoms with Crippen molar-refractivity contribution in [1.29, 1.82) is 0 Å². The Morgan fingerprint density at radius 3 is 2.42 bits per heavy atom. The Morgan fingerprint density at radius 1 is 1.00 bits per heavy atom. The molecule has 6 heteroatoms. The molecule has 0 bridgehead atoms. The minimum Gasteiger partial charge on any atom is -0.351 e. The summed E-state index contributed by atoms with van der Waals surface area (Å²) < 4.78 is 38.2. The molecule has 0 aliphatic carbocycles. The van der Waals surface area contributed by atoms with Crippen LogP contribution < -0.4 is 5.32 Å². The van der Waals surface area contributed by atoms with Crippen molar-refractivity contribution in [2.24, 2.45) is 0 Å². The fourth-order valence-electron chi connectivity index (χ4n) is 2.45. The number of aromatic amines is 1. The number of aromatic nitrogens is 1. The Labute approximate surface area is 136 Å². The molecule has 0 unspecified atom stereocenters. The number of nitrogens with one attached hydrogen (secondary N) is 2. The minimum absolute atomic E-state index is 0.302. The van der Waals surface area contributed by atoms with E-state index in [2.05, 4.69) is 10.3 Å². The summed E-state index contributed by atoms with van der Waals surface area (Å²) in [5, 5.41) is 3.10. The van der Waals surface area contributed by atoms with Crippen LogP contribution in [0.1, 0.15) is 27.2 Å². The normalized spacial score (nSPS) is 11.7. The number of fused-ring (bicyclic) bond motifs is 1. The predicted octanol–water partition coefficient (Wildman–Crippen LogP) is 5.06. The molecule has 24 heavy (non-hydrogen) atoms. The first-order chi connectivity index (χ1) is 11.2. The highest BCUT2D eigenvalue weighted by molar-refractivity contribution is 6.05. The Morgan fingerprint density at radius 2 is 1.75 bits per heavy atom. The summed E-state index contributed by atoms with van der Waals surface area (Å²) in [6.07, 6.45) is -4.43. The van der Waals surface area contributed by atoms with E-state index < -0.39 is 11.9 Å². The van der Waals surface area contributed by atoms with E-state index in [4.69, 9.17) is 0 Å². The van der Waals surface area contributed by atoms with Gasteiger partial charge in [-0.2, -0.15) is 13.2 Å². The minimum atomic E-state index is -4.43. The second-order valence-corrected chi connectivity index (χ2v) is 5.74. The number of anilines is 1. The molecule has 0 spiro atoms. The number of H-pyrrole nitrogens is 1. The van der Waals surface area contributed by atoms with Crippen molar-refractivity contribution in [3.05, 3.63) is 64.8 Å². The molecule has 0 saturated carbocycles. The van der Waals surface area contributed by atoms with E-state index in [0.717, 1.165) is 17.2 Å². The van der Waals surface area contributed by atoms with Gasteiger partial charge in [0.05, 0.1) is 0 Å². The van der Waals surface area contributed by atoms with Gasteiger partial charge in [0.2, 0.25) is 0 Å². The Bertz CT molecular complexity index is 926. The van der Waals surface area contributed by atoms with Gasteiger partial charge in [0.15, 0.2) is 0 Å². The number of rotatable bonds is 2. The lowest BCUT2D eigenvalue weighted by molar-refractivity contribution is -0.140. The molecule has 3 rings (SSSR count). The summed E-state index contributed by atoms with van der Waals surface area (Å²) in [5.41, 5.74) is 2.59. The topological polar surface area (TPSA) is 44.9 Å². The Kier molecular flexibility index (Phi) is 3.83. The van der Waals surface area contributed by atoms with E-state index >= 15 is 0 Å². The monoisotopic (exact) mass is 332 g/mol. The highest BCUT2D eigenvalue weighted by Crippen LogP contribution is 2.32. The summed E-state index contributed by atoms with van der Waals surface area (Å²) in [6, 6.07) is 11.0. The third kappa shape index (κ3) is 3.13. The van der Waals surface area contributed by atoms with Gasteiger partial charge in [-0.25, -0.2) is 0 Å².